The van der Waals surface area contributed by atoms with Gasteiger partial charge in [0.05, 0.1) is 5.69 Å². The molecule has 3 nitrogen and oxygen atoms in total. The van der Waals surface area contributed by atoms with Gasteiger partial charge in [0, 0.05) is 5.56 Å². The second-order valence-electron chi connectivity index (χ2n) is 3.44. The van der Waals surface area contributed by atoms with Crippen molar-refractivity contribution >= 4 is 5.97 Å². The van der Waals surface area contributed by atoms with Crippen molar-refractivity contribution in [2.75, 3.05) is 0 Å². The number of rotatable bonds is 2. The average Bonchev–Trinajstić information content (AvgIpc) is 2.32. The Labute approximate surface area is 99.5 Å². The number of aromatic carboxylic acids is 1. The van der Waals surface area contributed by atoms with Gasteiger partial charge in [0.1, 0.15) is 5.56 Å². The Hall–Kier alpha value is -2.37. The molecule has 0 amide bonds. The Balaban J connectivity index is 2.56. The standard InChI is InChI=1S/C12H6F3NO2/c13-8-3-1-2-6(10(8)14)9-5-4-7(12(17)18)11(15)16-9/h1-5H,(H,17,18). The molecule has 0 atom stereocenters. The Kier molecular flexibility index (Phi) is 3.01. The van der Waals surface area contributed by atoms with Crippen LogP contribution in [0.5, 0.6) is 0 Å². The normalized spacial score (nSPS) is 10.4. The van der Waals surface area contributed by atoms with Crippen LogP contribution in [0, 0.1) is 17.6 Å². The Bertz CT molecular complexity index is 629. The predicted octanol–water partition coefficient (Wildman–Crippen LogP) is 2.86. The molecule has 1 aromatic carbocycles. The van der Waals surface area contributed by atoms with Gasteiger partial charge in [-0.05, 0) is 24.3 Å². The third kappa shape index (κ3) is 2.04. The fraction of sp³-hybridized carbons (Fsp3) is 0. The van der Waals surface area contributed by atoms with Gasteiger partial charge in [-0.15, -0.1) is 0 Å². The highest BCUT2D eigenvalue weighted by Gasteiger charge is 2.15. The molecule has 6 heteroatoms. The summed E-state index contributed by atoms with van der Waals surface area (Å²) in [6, 6.07) is 5.45. The van der Waals surface area contributed by atoms with Crippen LogP contribution < -0.4 is 0 Å². The highest BCUT2D eigenvalue weighted by Crippen LogP contribution is 2.23. The molecule has 0 fully saturated rings. The first-order valence-corrected chi connectivity index (χ1v) is 4.85. The van der Waals surface area contributed by atoms with E-state index in [0.29, 0.717) is 0 Å². The van der Waals surface area contributed by atoms with Gasteiger partial charge in [-0.1, -0.05) is 6.07 Å². The molecule has 1 heterocycles. The summed E-state index contributed by atoms with van der Waals surface area (Å²) in [5.41, 5.74) is -1.03. The van der Waals surface area contributed by atoms with E-state index in [1.165, 1.54) is 12.1 Å². The van der Waals surface area contributed by atoms with Crippen molar-refractivity contribution in [3.05, 3.63) is 53.5 Å². The first kappa shape index (κ1) is 12.1. The molecular weight excluding hydrogens is 247 g/mol. The van der Waals surface area contributed by atoms with Gasteiger partial charge in [0.25, 0.3) is 0 Å². The number of halogens is 3. The van der Waals surface area contributed by atoms with Gasteiger partial charge in [0.15, 0.2) is 11.6 Å². The van der Waals surface area contributed by atoms with Crippen LogP contribution in [0.2, 0.25) is 0 Å². The molecule has 18 heavy (non-hydrogen) atoms. The molecule has 0 saturated carbocycles. The number of carboxylic acids is 1. The van der Waals surface area contributed by atoms with Crippen molar-refractivity contribution in [1.29, 1.82) is 0 Å². The molecule has 0 saturated heterocycles. The van der Waals surface area contributed by atoms with Crippen LogP contribution in [0.25, 0.3) is 11.3 Å². The number of pyridine rings is 1. The Morgan fingerprint density at radius 3 is 2.44 bits per heavy atom. The average molecular weight is 253 g/mol. The van der Waals surface area contributed by atoms with Crippen molar-refractivity contribution in [2.45, 2.75) is 0 Å². The third-order valence-electron chi connectivity index (χ3n) is 2.31. The SMILES string of the molecule is O=C(O)c1ccc(-c2cccc(F)c2F)nc1F. The summed E-state index contributed by atoms with van der Waals surface area (Å²) in [6.45, 7) is 0. The van der Waals surface area contributed by atoms with E-state index in [1.807, 2.05) is 0 Å². The lowest BCUT2D eigenvalue weighted by Crippen LogP contribution is -2.03. The molecule has 0 aliphatic carbocycles. The van der Waals surface area contributed by atoms with E-state index < -0.39 is 29.1 Å². The van der Waals surface area contributed by atoms with E-state index in [0.717, 1.165) is 18.2 Å². The number of hydrogen-bond donors (Lipinski definition) is 1. The zero-order valence-corrected chi connectivity index (χ0v) is 8.82. The first-order chi connectivity index (χ1) is 8.50. The van der Waals surface area contributed by atoms with Crippen molar-refractivity contribution in [3.63, 3.8) is 0 Å². The number of carboxylic acid groups (broad SMARTS) is 1. The third-order valence-corrected chi connectivity index (χ3v) is 2.31. The number of benzene rings is 1. The fourth-order valence-electron chi connectivity index (χ4n) is 1.45. The zero-order valence-electron chi connectivity index (χ0n) is 8.82. The second kappa shape index (κ2) is 4.48. The lowest BCUT2D eigenvalue weighted by atomic mass is 10.1. The molecule has 92 valence electrons. The van der Waals surface area contributed by atoms with Crippen LogP contribution in [0.15, 0.2) is 30.3 Å². The fourth-order valence-corrected chi connectivity index (χ4v) is 1.45. The predicted molar refractivity (Wildman–Crippen MR) is 56.5 cm³/mol. The van der Waals surface area contributed by atoms with E-state index in [4.69, 9.17) is 5.11 Å². The van der Waals surface area contributed by atoms with Crippen LogP contribution in [0.4, 0.5) is 13.2 Å². The minimum atomic E-state index is -1.48. The van der Waals surface area contributed by atoms with E-state index >= 15 is 0 Å². The van der Waals surface area contributed by atoms with Gasteiger partial charge >= 0.3 is 5.97 Å². The topological polar surface area (TPSA) is 50.2 Å². The molecular formula is C12H6F3NO2. The molecule has 0 aliphatic heterocycles. The van der Waals surface area contributed by atoms with Gasteiger partial charge in [-0.3, -0.25) is 0 Å². The zero-order chi connectivity index (χ0) is 13.3. The van der Waals surface area contributed by atoms with Crippen LogP contribution in [-0.4, -0.2) is 16.1 Å². The van der Waals surface area contributed by atoms with Crippen molar-refractivity contribution < 1.29 is 23.1 Å². The molecule has 0 bridgehead atoms. The summed E-state index contributed by atoms with van der Waals surface area (Å²) in [4.78, 5) is 13.9. The molecule has 0 aliphatic rings. The summed E-state index contributed by atoms with van der Waals surface area (Å²) in [5.74, 6) is -4.97. The molecule has 0 unspecified atom stereocenters. The maximum Gasteiger partial charge on any atom is 0.340 e. The largest absolute Gasteiger partial charge is 0.478 e. The van der Waals surface area contributed by atoms with Gasteiger partial charge in [-0.2, -0.15) is 4.39 Å². The van der Waals surface area contributed by atoms with Gasteiger partial charge in [0.2, 0.25) is 5.95 Å². The summed E-state index contributed by atoms with van der Waals surface area (Å²) in [7, 11) is 0. The van der Waals surface area contributed by atoms with E-state index in [-0.39, 0.29) is 11.3 Å². The number of carbonyl (C=O) groups is 1. The maximum absolute atomic E-state index is 13.4. The van der Waals surface area contributed by atoms with Crippen LogP contribution in [0.3, 0.4) is 0 Å². The number of aromatic nitrogens is 1. The number of hydrogen-bond acceptors (Lipinski definition) is 2. The highest BCUT2D eigenvalue weighted by molar-refractivity contribution is 5.87. The molecule has 0 radical (unpaired) electrons. The van der Waals surface area contributed by atoms with Gasteiger partial charge < -0.3 is 5.11 Å². The van der Waals surface area contributed by atoms with Crippen molar-refractivity contribution in [3.8, 4) is 11.3 Å². The van der Waals surface area contributed by atoms with E-state index in [1.54, 1.807) is 0 Å². The summed E-state index contributed by atoms with van der Waals surface area (Å²) in [5, 5.41) is 8.61. The number of nitrogens with zero attached hydrogens (tertiary/aromatic N) is 1. The monoisotopic (exact) mass is 253 g/mol. The summed E-state index contributed by atoms with van der Waals surface area (Å²) in [6.07, 6.45) is 0. The first-order valence-electron chi connectivity index (χ1n) is 4.85. The molecule has 0 spiro atoms. The second-order valence-corrected chi connectivity index (χ2v) is 3.44. The molecule has 2 rings (SSSR count). The van der Waals surface area contributed by atoms with Crippen molar-refractivity contribution in [1.82, 2.24) is 4.98 Å². The highest BCUT2D eigenvalue weighted by atomic mass is 19.2. The molecule has 2 aromatic rings. The Morgan fingerprint density at radius 2 is 1.83 bits per heavy atom. The van der Waals surface area contributed by atoms with Crippen LogP contribution in [-0.2, 0) is 0 Å². The van der Waals surface area contributed by atoms with Crippen LogP contribution >= 0.6 is 0 Å². The lowest BCUT2D eigenvalue weighted by Gasteiger charge is -2.04. The Morgan fingerprint density at radius 1 is 1.11 bits per heavy atom. The van der Waals surface area contributed by atoms with Gasteiger partial charge in [-0.25, -0.2) is 18.6 Å². The summed E-state index contributed by atoms with van der Waals surface area (Å²) >= 11 is 0. The van der Waals surface area contributed by atoms with E-state index in [9.17, 15) is 18.0 Å². The minimum Gasteiger partial charge on any atom is -0.478 e. The quantitative estimate of drug-likeness (QED) is 0.837. The van der Waals surface area contributed by atoms with Crippen LogP contribution in [0.1, 0.15) is 10.4 Å². The minimum absolute atomic E-state index is 0.172. The van der Waals surface area contributed by atoms with Crippen molar-refractivity contribution in [2.24, 2.45) is 0 Å². The van der Waals surface area contributed by atoms with E-state index in [2.05, 4.69) is 4.98 Å². The smallest absolute Gasteiger partial charge is 0.340 e. The summed E-state index contributed by atoms with van der Waals surface area (Å²) < 4.78 is 39.7. The molecule has 1 N–H and O–H groups in total. The maximum atomic E-state index is 13.4. The lowest BCUT2D eigenvalue weighted by molar-refractivity contribution is 0.0691. The molecule has 1 aromatic heterocycles.